The quantitative estimate of drug-likeness (QED) is 0.109. The Morgan fingerprint density at radius 3 is 1.13 bits per heavy atom. The molecule has 0 nitrogen and oxygen atoms in total. The number of rotatable bonds is 24. The highest BCUT2D eigenvalue weighted by molar-refractivity contribution is 5.14. The molecule has 0 aromatic carbocycles. The van der Waals surface area contributed by atoms with E-state index < -0.39 is 0 Å². The first-order chi connectivity index (χ1) is 14.9. The van der Waals surface area contributed by atoms with Crippen molar-refractivity contribution in [1.82, 2.24) is 0 Å². The first-order valence-corrected chi connectivity index (χ1v) is 13.5. The lowest BCUT2D eigenvalue weighted by molar-refractivity contribution is 0.522. The summed E-state index contributed by atoms with van der Waals surface area (Å²) in [5, 5.41) is 0. The van der Waals surface area contributed by atoms with Crippen LogP contribution in [0.15, 0.2) is 49.1 Å². The first kappa shape index (κ1) is 29.0. The van der Waals surface area contributed by atoms with E-state index in [-0.39, 0.29) is 0 Å². The zero-order valence-corrected chi connectivity index (χ0v) is 20.6. The van der Waals surface area contributed by atoms with Crippen LogP contribution in [-0.2, 0) is 0 Å². The van der Waals surface area contributed by atoms with Crippen LogP contribution in [0.25, 0.3) is 0 Å². The summed E-state index contributed by atoms with van der Waals surface area (Å²) >= 11 is 0. The molecule has 0 spiro atoms. The zero-order chi connectivity index (χ0) is 21.8. The number of unbranched alkanes of at least 4 members (excludes halogenated alkanes) is 20. The minimum atomic E-state index is 1.22. The molecule has 0 atom stereocenters. The van der Waals surface area contributed by atoms with Crippen LogP contribution in [0.5, 0.6) is 0 Å². The fourth-order valence-electron chi connectivity index (χ4n) is 3.96. The summed E-state index contributed by atoms with van der Waals surface area (Å²) in [4.78, 5) is 0. The molecule has 0 aromatic heterocycles. The van der Waals surface area contributed by atoms with Gasteiger partial charge in [0.25, 0.3) is 0 Å². The van der Waals surface area contributed by atoms with Gasteiger partial charge < -0.3 is 0 Å². The fourth-order valence-corrected chi connectivity index (χ4v) is 3.96. The lowest BCUT2D eigenvalue weighted by Crippen LogP contribution is -1.84. The van der Waals surface area contributed by atoms with Crippen LogP contribution < -0.4 is 0 Å². The Balaban J connectivity index is 3.09. The molecule has 0 heteroatoms. The molecule has 30 heavy (non-hydrogen) atoms. The third kappa shape index (κ3) is 27.0. The predicted octanol–water partition coefficient (Wildman–Crippen LogP) is 11.1. The molecule has 0 aliphatic heterocycles. The summed E-state index contributed by atoms with van der Waals surface area (Å²) in [7, 11) is 0. The van der Waals surface area contributed by atoms with Crippen molar-refractivity contribution in [2.75, 3.05) is 0 Å². The Labute approximate surface area is 191 Å². The Morgan fingerprint density at radius 2 is 0.733 bits per heavy atom. The highest BCUT2D eigenvalue weighted by atomic mass is 14.0. The van der Waals surface area contributed by atoms with Crippen LogP contribution in [0.2, 0.25) is 0 Å². The van der Waals surface area contributed by atoms with Gasteiger partial charge >= 0.3 is 0 Å². The molecular formula is C30H54. The molecule has 174 valence electrons. The van der Waals surface area contributed by atoms with Crippen molar-refractivity contribution in [2.24, 2.45) is 0 Å². The summed E-state index contributed by atoms with van der Waals surface area (Å²) < 4.78 is 0. The van der Waals surface area contributed by atoms with E-state index in [4.69, 9.17) is 0 Å². The zero-order valence-electron chi connectivity index (χ0n) is 20.6. The van der Waals surface area contributed by atoms with Crippen LogP contribution in [0.3, 0.4) is 0 Å². The van der Waals surface area contributed by atoms with Gasteiger partial charge in [-0.25, -0.2) is 0 Å². The van der Waals surface area contributed by atoms with Gasteiger partial charge in [-0.05, 0) is 12.8 Å². The fraction of sp³-hybridized carbons (Fsp3) is 0.733. The molecule has 0 saturated heterocycles. The van der Waals surface area contributed by atoms with E-state index in [1.807, 2.05) is 12.2 Å². The van der Waals surface area contributed by atoms with Crippen molar-refractivity contribution in [3.8, 4) is 0 Å². The summed E-state index contributed by atoms with van der Waals surface area (Å²) in [6, 6.07) is 0. The minimum Gasteiger partial charge on any atom is -0.0991 e. The van der Waals surface area contributed by atoms with Crippen molar-refractivity contribution in [3.05, 3.63) is 49.1 Å². The molecule has 0 aliphatic rings. The normalized spacial score (nSPS) is 12.0. The molecule has 0 N–H and O–H groups in total. The van der Waals surface area contributed by atoms with Gasteiger partial charge in [-0.2, -0.15) is 0 Å². The molecule has 0 fully saturated rings. The molecule has 0 amide bonds. The summed E-state index contributed by atoms with van der Waals surface area (Å²) in [5.41, 5.74) is 0. The third-order valence-corrected chi connectivity index (χ3v) is 5.94. The molecule has 0 saturated carbocycles. The van der Waals surface area contributed by atoms with Gasteiger partial charge in [-0.15, -0.1) is 0 Å². The Bertz CT molecular complexity index is 398. The van der Waals surface area contributed by atoms with E-state index in [0.29, 0.717) is 0 Å². The largest absolute Gasteiger partial charge is 0.0991 e. The molecular weight excluding hydrogens is 360 g/mol. The van der Waals surface area contributed by atoms with Crippen LogP contribution >= 0.6 is 0 Å². The molecule has 0 aliphatic carbocycles. The van der Waals surface area contributed by atoms with Crippen LogP contribution in [0.4, 0.5) is 0 Å². The van der Waals surface area contributed by atoms with Gasteiger partial charge in [-0.1, -0.05) is 178 Å². The van der Waals surface area contributed by atoms with Crippen molar-refractivity contribution in [3.63, 3.8) is 0 Å². The highest BCUT2D eigenvalue weighted by Crippen LogP contribution is 2.15. The Morgan fingerprint density at radius 1 is 0.400 bits per heavy atom. The number of hydrogen-bond donors (Lipinski definition) is 0. The summed E-state index contributed by atoms with van der Waals surface area (Å²) in [6.07, 6.45) is 44.5. The van der Waals surface area contributed by atoms with Gasteiger partial charge in [0.2, 0.25) is 0 Å². The molecule has 0 aromatic rings. The van der Waals surface area contributed by atoms with E-state index in [1.165, 1.54) is 135 Å². The predicted molar refractivity (Wildman–Crippen MR) is 140 cm³/mol. The first-order valence-electron chi connectivity index (χ1n) is 13.5. The number of allylic oxidation sites excluding steroid dienone is 7. The highest BCUT2D eigenvalue weighted by Gasteiger charge is 1.95. The SMILES string of the molecule is C=C/C=C/C=C/C=C/CCCCCCCCCCCCCCCCCCCCCC. The van der Waals surface area contributed by atoms with Gasteiger partial charge in [0.05, 0.1) is 0 Å². The van der Waals surface area contributed by atoms with Gasteiger partial charge in [0.1, 0.15) is 0 Å². The second-order valence-corrected chi connectivity index (χ2v) is 8.94. The van der Waals surface area contributed by atoms with E-state index in [1.54, 1.807) is 6.08 Å². The molecule has 0 heterocycles. The topological polar surface area (TPSA) is 0 Å². The number of hydrogen-bond acceptors (Lipinski definition) is 0. The lowest BCUT2D eigenvalue weighted by atomic mass is 10.0. The van der Waals surface area contributed by atoms with Crippen LogP contribution in [-0.4, -0.2) is 0 Å². The van der Waals surface area contributed by atoms with E-state index in [2.05, 4.69) is 37.8 Å². The van der Waals surface area contributed by atoms with Crippen LogP contribution in [0, 0.1) is 0 Å². The molecule has 0 rings (SSSR count). The van der Waals surface area contributed by atoms with Crippen molar-refractivity contribution in [1.29, 1.82) is 0 Å². The third-order valence-electron chi connectivity index (χ3n) is 5.94. The molecule has 0 bridgehead atoms. The maximum absolute atomic E-state index is 3.65. The second kappa shape index (κ2) is 28.0. The van der Waals surface area contributed by atoms with Gasteiger partial charge in [0, 0.05) is 0 Å². The van der Waals surface area contributed by atoms with Crippen molar-refractivity contribution in [2.45, 2.75) is 142 Å². The average molecular weight is 415 g/mol. The van der Waals surface area contributed by atoms with Crippen molar-refractivity contribution < 1.29 is 0 Å². The van der Waals surface area contributed by atoms with E-state index in [9.17, 15) is 0 Å². The van der Waals surface area contributed by atoms with Crippen LogP contribution in [0.1, 0.15) is 142 Å². The second-order valence-electron chi connectivity index (χ2n) is 8.94. The van der Waals surface area contributed by atoms with E-state index >= 15 is 0 Å². The molecule has 0 unspecified atom stereocenters. The average Bonchev–Trinajstić information content (AvgIpc) is 2.76. The lowest BCUT2D eigenvalue weighted by Gasteiger charge is -2.04. The maximum Gasteiger partial charge on any atom is -0.0348 e. The summed E-state index contributed by atoms with van der Waals surface area (Å²) in [6.45, 7) is 5.95. The maximum atomic E-state index is 3.65. The van der Waals surface area contributed by atoms with Crippen molar-refractivity contribution >= 4 is 0 Å². The minimum absolute atomic E-state index is 1.22. The standard InChI is InChI=1S/C30H54/c1-3-5-7-9-11-13-15-17-19-21-23-25-27-29-30-28-26-24-22-20-18-16-14-12-10-8-6-4-2/h3,5,7,9,11,13,15H,1,4,6,8,10,12,14,16-30H2,2H3/b7-5+,11-9+,15-13+. The Hall–Kier alpha value is -1.04. The smallest absolute Gasteiger partial charge is 0.0348 e. The summed E-state index contributed by atoms with van der Waals surface area (Å²) in [5.74, 6) is 0. The monoisotopic (exact) mass is 414 g/mol. The van der Waals surface area contributed by atoms with E-state index in [0.717, 1.165) is 0 Å². The molecule has 0 radical (unpaired) electrons. The van der Waals surface area contributed by atoms with Gasteiger partial charge in [0.15, 0.2) is 0 Å². The van der Waals surface area contributed by atoms with Gasteiger partial charge in [-0.3, -0.25) is 0 Å². The Kier molecular flexibility index (Phi) is 27.0.